The highest BCUT2D eigenvalue weighted by Crippen LogP contribution is 2.49. The average molecular weight is 301 g/mol. The summed E-state index contributed by atoms with van der Waals surface area (Å²) >= 11 is 0. The fraction of sp³-hybridized carbons (Fsp3) is 0.438. The first-order chi connectivity index (χ1) is 10.5. The van der Waals surface area contributed by atoms with Crippen LogP contribution < -0.4 is 11.1 Å². The summed E-state index contributed by atoms with van der Waals surface area (Å²) in [5.41, 5.74) is 6.97. The van der Waals surface area contributed by atoms with Crippen LogP contribution in [0, 0.1) is 5.92 Å². The van der Waals surface area contributed by atoms with Crippen LogP contribution in [0.25, 0.3) is 0 Å². The molecule has 6 heteroatoms. The van der Waals surface area contributed by atoms with Crippen molar-refractivity contribution in [2.75, 3.05) is 11.1 Å². The average Bonchev–Trinajstić information content (AvgIpc) is 3.28. The molecule has 4 unspecified atom stereocenters. The number of nitrogens with two attached hydrogens (primary N) is 1. The van der Waals surface area contributed by atoms with Crippen molar-refractivity contribution >= 4 is 11.9 Å². The lowest BCUT2D eigenvalue weighted by molar-refractivity contribution is 0.356. The fourth-order valence-corrected chi connectivity index (χ4v) is 2.81. The molecule has 1 aromatic heterocycles. The molecule has 116 valence electrons. The summed E-state index contributed by atoms with van der Waals surface area (Å²) in [5.74, 6) is 1.53. The van der Waals surface area contributed by atoms with Crippen molar-refractivity contribution in [3.63, 3.8) is 0 Å². The third kappa shape index (κ3) is 3.16. The predicted molar refractivity (Wildman–Crippen MR) is 84.1 cm³/mol. The zero-order valence-electron chi connectivity index (χ0n) is 12.7. The van der Waals surface area contributed by atoms with Crippen molar-refractivity contribution in [2.24, 2.45) is 5.92 Å². The lowest BCUT2D eigenvalue weighted by Crippen LogP contribution is -2.21. The lowest BCUT2D eigenvalue weighted by atomic mass is 10.1. The van der Waals surface area contributed by atoms with Gasteiger partial charge in [-0.3, -0.25) is 0 Å². The van der Waals surface area contributed by atoms with Crippen LogP contribution in [0.1, 0.15) is 43.7 Å². The molecule has 3 rings (SSSR count). The minimum Gasteiger partial charge on any atom is -0.368 e. The maximum absolute atomic E-state index is 13.3. The van der Waals surface area contributed by atoms with Crippen LogP contribution in [0.15, 0.2) is 30.3 Å². The van der Waals surface area contributed by atoms with E-state index in [1.807, 2.05) is 6.07 Å². The number of alkyl halides is 1. The number of nitrogens with zero attached hydrogens (tertiary/aromatic N) is 3. The Morgan fingerprint density at radius 3 is 2.59 bits per heavy atom. The molecule has 3 N–H and O–H groups in total. The molecule has 1 saturated carbocycles. The van der Waals surface area contributed by atoms with Gasteiger partial charge in [0, 0.05) is 6.04 Å². The normalized spacial score (nSPS) is 22.9. The van der Waals surface area contributed by atoms with Gasteiger partial charge in [-0.1, -0.05) is 30.3 Å². The molecule has 22 heavy (non-hydrogen) atoms. The van der Waals surface area contributed by atoms with Gasteiger partial charge in [-0.25, -0.2) is 4.39 Å². The van der Waals surface area contributed by atoms with Crippen LogP contribution in [0.3, 0.4) is 0 Å². The Kier molecular flexibility index (Phi) is 3.92. The molecule has 1 heterocycles. The van der Waals surface area contributed by atoms with Gasteiger partial charge in [0.15, 0.2) is 12.0 Å². The highest BCUT2D eigenvalue weighted by Gasteiger charge is 2.42. The zero-order chi connectivity index (χ0) is 15.7. The molecule has 0 saturated heterocycles. The van der Waals surface area contributed by atoms with E-state index in [1.165, 1.54) is 12.5 Å². The molecule has 1 fully saturated rings. The second-order valence-electron chi connectivity index (χ2n) is 5.84. The van der Waals surface area contributed by atoms with Crippen molar-refractivity contribution in [3.8, 4) is 0 Å². The molecular weight excluding hydrogens is 281 g/mol. The number of aromatic nitrogens is 3. The summed E-state index contributed by atoms with van der Waals surface area (Å²) in [7, 11) is 0. The van der Waals surface area contributed by atoms with Crippen LogP contribution in [0.4, 0.5) is 16.3 Å². The van der Waals surface area contributed by atoms with Gasteiger partial charge in [0.25, 0.3) is 0 Å². The van der Waals surface area contributed by atoms with Gasteiger partial charge < -0.3 is 11.1 Å². The van der Waals surface area contributed by atoms with Crippen LogP contribution in [0.5, 0.6) is 0 Å². The standard InChI is InChI=1S/C16H20FN5/c1-9(17)14-20-15(18)22-16(21-14)19-10(2)12-8-13(12)11-6-4-3-5-7-11/h3-7,9-10,12-13H,8H2,1-2H3,(H3,18,19,20,21,22). The number of rotatable bonds is 5. The molecule has 0 spiro atoms. The van der Waals surface area contributed by atoms with Crippen LogP contribution in [-0.2, 0) is 0 Å². The largest absolute Gasteiger partial charge is 0.368 e. The van der Waals surface area contributed by atoms with Crippen molar-refractivity contribution in [2.45, 2.75) is 38.4 Å². The van der Waals surface area contributed by atoms with E-state index >= 15 is 0 Å². The predicted octanol–water partition coefficient (Wildman–Crippen LogP) is 3.09. The van der Waals surface area contributed by atoms with Crippen LogP contribution >= 0.6 is 0 Å². The minimum absolute atomic E-state index is 0.0413. The van der Waals surface area contributed by atoms with Gasteiger partial charge in [0.1, 0.15) is 0 Å². The van der Waals surface area contributed by atoms with E-state index in [0.29, 0.717) is 17.8 Å². The van der Waals surface area contributed by atoms with Gasteiger partial charge >= 0.3 is 0 Å². The van der Waals surface area contributed by atoms with E-state index in [0.717, 1.165) is 6.42 Å². The lowest BCUT2D eigenvalue weighted by Gasteiger charge is -2.15. The van der Waals surface area contributed by atoms with Crippen molar-refractivity contribution in [1.82, 2.24) is 15.0 Å². The molecule has 1 aliphatic carbocycles. The Balaban J connectivity index is 1.67. The maximum Gasteiger partial charge on any atom is 0.228 e. The number of nitrogens with one attached hydrogen (secondary N) is 1. The molecule has 2 aromatic rings. The number of hydrogen-bond acceptors (Lipinski definition) is 5. The monoisotopic (exact) mass is 301 g/mol. The molecule has 0 amide bonds. The van der Waals surface area contributed by atoms with Crippen LogP contribution in [-0.4, -0.2) is 21.0 Å². The highest BCUT2D eigenvalue weighted by molar-refractivity contribution is 5.35. The Morgan fingerprint density at radius 2 is 1.91 bits per heavy atom. The van der Waals surface area contributed by atoms with E-state index in [4.69, 9.17) is 5.73 Å². The fourth-order valence-electron chi connectivity index (χ4n) is 2.81. The smallest absolute Gasteiger partial charge is 0.228 e. The number of anilines is 2. The van der Waals surface area contributed by atoms with Gasteiger partial charge in [-0.2, -0.15) is 15.0 Å². The quantitative estimate of drug-likeness (QED) is 0.887. The molecule has 1 aliphatic rings. The van der Waals surface area contributed by atoms with E-state index in [1.54, 1.807) is 0 Å². The minimum atomic E-state index is -1.26. The van der Waals surface area contributed by atoms with Crippen molar-refractivity contribution in [1.29, 1.82) is 0 Å². The third-order valence-electron chi connectivity index (χ3n) is 4.09. The summed E-state index contributed by atoms with van der Waals surface area (Å²) in [6.45, 7) is 3.47. The zero-order valence-corrected chi connectivity index (χ0v) is 12.7. The van der Waals surface area contributed by atoms with Crippen LogP contribution in [0.2, 0.25) is 0 Å². The number of nitrogen functional groups attached to an aromatic ring is 1. The first kappa shape index (κ1) is 14.7. The van der Waals surface area contributed by atoms with Crippen molar-refractivity contribution < 1.29 is 4.39 Å². The molecule has 4 atom stereocenters. The summed E-state index contributed by atoms with van der Waals surface area (Å²) < 4.78 is 13.3. The number of hydrogen-bond donors (Lipinski definition) is 2. The number of benzene rings is 1. The first-order valence-corrected chi connectivity index (χ1v) is 7.51. The van der Waals surface area contributed by atoms with Gasteiger partial charge in [-0.05, 0) is 37.7 Å². The molecule has 0 bridgehead atoms. The number of halogens is 1. The molecule has 0 aliphatic heterocycles. The molecule has 1 aromatic carbocycles. The van der Waals surface area contributed by atoms with E-state index in [9.17, 15) is 4.39 Å². The second kappa shape index (κ2) is 5.87. The molecular formula is C16H20FN5. The summed E-state index contributed by atoms with van der Waals surface area (Å²) in [6.07, 6.45) is -0.135. The summed E-state index contributed by atoms with van der Waals surface area (Å²) in [6, 6.07) is 10.6. The van der Waals surface area contributed by atoms with Gasteiger partial charge in [0.05, 0.1) is 0 Å². The topological polar surface area (TPSA) is 76.7 Å². The second-order valence-corrected chi connectivity index (χ2v) is 5.84. The summed E-state index contributed by atoms with van der Waals surface area (Å²) in [5, 5.41) is 3.23. The third-order valence-corrected chi connectivity index (χ3v) is 4.09. The highest BCUT2D eigenvalue weighted by atomic mass is 19.1. The summed E-state index contributed by atoms with van der Waals surface area (Å²) in [4.78, 5) is 11.9. The first-order valence-electron chi connectivity index (χ1n) is 7.51. The van der Waals surface area contributed by atoms with Gasteiger partial charge in [0.2, 0.25) is 11.9 Å². The SMILES string of the molecule is CC(F)c1nc(N)nc(NC(C)C2CC2c2ccccc2)n1. The van der Waals surface area contributed by atoms with E-state index < -0.39 is 6.17 Å². The van der Waals surface area contributed by atoms with Gasteiger partial charge in [-0.15, -0.1) is 0 Å². The molecule has 5 nitrogen and oxygen atoms in total. The Morgan fingerprint density at radius 1 is 1.18 bits per heavy atom. The Bertz CT molecular complexity index is 646. The van der Waals surface area contributed by atoms with Crippen molar-refractivity contribution in [3.05, 3.63) is 41.7 Å². The Hall–Kier alpha value is -2.24. The molecule has 0 radical (unpaired) electrons. The maximum atomic E-state index is 13.3. The Labute approximate surface area is 129 Å². The van der Waals surface area contributed by atoms with E-state index in [2.05, 4.69) is 51.5 Å². The van der Waals surface area contributed by atoms with E-state index in [-0.39, 0.29) is 17.8 Å².